The van der Waals surface area contributed by atoms with Crippen molar-refractivity contribution in [1.82, 2.24) is 0 Å². The van der Waals surface area contributed by atoms with Crippen LogP contribution in [0.5, 0.6) is 0 Å². The van der Waals surface area contributed by atoms with Crippen molar-refractivity contribution in [3.63, 3.8) is 0 Å². The molecule has 102 valence electrons. The average Bonchev–Trinajstić information content (AvgIpc) is 2.33. The molecule has 19 heavy (non-hydrogen) atoms. The predicted molar refractivity (Wildman–Crippen MR) is 74.8 cm³/mol. The van der Waals surface area contributed by atoms with Crippen molar-refractivity contribution in [2.45, 2.75) is 39.2 Å². The van der Waals surface area contributed by atoms with Gasteiger partial charge in [-0.05, 0) is 33.3 Å². The molecule has 1 rings (SSSR count). The molecule has 0 saturated heterocycles. The van der Waals surface area contributed by atoms with E-state index in [1.807, 2.05) is 37.3 Å². The second kappa shape index (κ2) is 6.84. The minimum absolute atomic E-state index is 0.0477. The van der Waals surface area contributed by atoms with Crippen molar-refractivity contribution in [3.05, 3.63) is 35.9 Å². The van der Waals surface area contributed by atoms with Crippen LogP contribution in [0.4, 0.5) is 4.79 Å². The fraction of sp³-hybridized carbons (Fsp3) is 0.438. The van der Waals surface area contributed by atoms with Crippen LogP contribution < -0.4 is 0 Å². The molecular formula is C16H20O3. The first kappa shape index (κ1) is 15.1. The first-order chi connectivity index (χ1) is 8.88. The summed E-state index contributed by atoms with van der Waals surface area (Å²) in [6.07, 6.45) is -0.686. The number of rotatable bonds is 2. The highest BCUT2D eigenvalue weighted by molar-refractivity contribution is 5.60. The van der Waals surface area contributed by atoms with Crippen LogP contribution in [0, 0.1) is 11.8 Å². The van der Waals surface area contributed by atoms with Gasteiger partial charge in [-0.3, -0.25) is 0 Å². The summed E-state index contributed by atoms with van der Waals surface area (Å²) in [6.45, 7) is 7.42. The Morgan fingerprint density at radius 1 is 1.26 bits per heavy atom. The minimum Gasteiger partial charge on any atom is -0.429 e. The third-order valence-electron chi connectivity index (χ3n) is 2.27. The third kappa shape index (κ3) is 6.52. The van der Waals surface area contributed by atoms with E-state index in [-0.39, 0.29) is 12.5 Å². The van der Waals surface area contributed by atoms with Gasteiger partial charge in [0.05, 0.1) is 0 Å². The average molecular weight is 260 g/mol. The lowest BCUT2D eigenvalue weighted by Gasteiger charge is -2.18. The molecule has 0 heterocycles. The van der Waals surface area contributed by atoms with E-state index >= 15 is 0 Å². The quantitative estimate of drug-likeness (QED) is 0.600. The van der Waals surface area contributed by atoms with Crippen LogP contribution in [-0.2, 0) is 9.47 Å². The second-order valence-electron chi connectivity index (χ2n) is 5.21. The first-order valence-electron chi connectivity index (χ1n) is 6.27. The molecule has 0 bridgehead atoms. The topological polar surface area (TPSA) is 35.5 Å². The van der Waals surface area contributed by atoms with Crippen LogP contribution in [-0.4, -0.2) is 18.4 Å². The molecule has 3 nitrogen and oxygen atoms in total. The molecule has 0 aliphatic heterocycles. The smallest absolute Gasteiger partial charge is 0.429 e. The predicted octanol–water partition coefficient (Wildman–Crippen LogP) is 3.75. The van der Waals surface area contributed by atoms with Gasteiger partial charge in [-0.1, -0.05) is 42.2 Å². The highest BCUT2D eigenvalue weighted by Gasteiger charge is 2.16. The maximum Gasteiger partial charge on any atom is 0.509 e. The van der Waals surface area contributed by atoms with E-state index in [9.17, 15) is 4.79 Å². The lowest BCUT2D eigenvalue weighted by Crippen LogP contribution is -2.24. The molecule has 0 aromatic heterocycles. The van der Waals surface area contributed by atoms with Gasteiger partial charge in [0, 0.05) is 5.92 Å². The van der Waals surface area contributed by atoms with Crippen molar-refractivity contribution >= 4 is 6.16 Å². The number of carbonyl (C=O) groups excluding carboxylic acids is 1. The van der Waals surface area contributed by atoms with Gasteiger partial charge in [0.1, 0.15) is 5.60 Å². The summed E-state index contributed by atoms with van der Waals surface area (Å²) in [5.41, 5.74) is 0.606. The lowest BCUT2D eigenvalue weighted by molar-refractivity contribution is -0.00164. The van der Waals surface area contributed by atoms with Crippen molar-refractivity contribution in [3.8, 4) is 11.8 Å². The van der Waals surface area contributed by atoms with Gasteiger partial charge in [0.25, 0.3) is 0 Å². The van der Waals surface area contributed by atoms with Crippen molar-refractivity contribution in [1.29, 1.82) is 0 Å². The molecule has 0 aliphatic carbocycles. The highest BCUT2D eigenvalue weighted by atomic mass is 16.7. The lowest BCUT2D eigenvalue weighted by atomic mass is 10.0. The van der Waals surface area contributed by atoms with E-state index in [1.165, 1.54) is 0 Å². The highest BCUT2D eigenvalue weighted by Crippen LogP contribution is 2.12. The van der Waals surface area contributed by atoms with E-state index < -0.39 is 11.8 Å². The zero-order chi connectivity index (χ0) is 14.3. The van der Waals surface area contributed by atoms with Crippen LogP contribution in [0.15, 0.2) is 30.3 Å². The van der Waals surface area contributed by atoms with Gasteiger partial charge < -0.3 is 9.47 Å². The Morgan fingerprint density at radius 3 is 2.47 bits per heavy atom. The van der Waals surface area contributed by atoms with E-state index in [2.05, 4.69) is 11.8 Å². The summed E-state index contributed by atoms with van der Waals surface area (Å²) in [7, 11) is 0. The molecule has 0 aliphatic rings. The first-order valence-corrected chi connectivity index (χ1v) is 6.27. The fourth-order valence-corrected chi connectivity index (χ4v) is 1.39. The van der Waals surface area contributed by atoms with Crippen molar-refractivity contribution in [2.24, 2.45) is 0 Å². The van der Waals surface area contributed by atoms with Crippen molar-refractivity contribution in [2.75, 3.05) is 6.61 Å². The molecule has 0 fully saturated rings. The van der Waals surface area contributed by atoms with Gasteiger partial charge in [-0.25, -0.2) is 4.79 Å². The number of hydrogen-bond donors (Lipinski definition) is 0. The summed E-state index contributed by atoms with van der Waals surface area (Å²) in [4.78, 5) is 11.3. The molecule has 0 radical (unpaired) electrons. The van der Waals surface area contributed by atoms with E-state index in [0.29, 0.717) is 0 Å². The Kier molecular flexibility index (Phi) is 5.44. The van der Waals surface area contributed by atoms with E-state index in [4.69, 9.17) is 9.47 Å². The van der Waals surface area contributed by atoms with Crippen LogP contribution in [0.25, 0.3) is 0 Å². The fourth-order valence-electron chi connectivity index (χ4n) is 1.39. The Morgan fingerprint density at radius 2 is 1.89 bits per heavy atom. The van der Waals surface area contributed by atoms with Crippen LogP contribution in [0.3, 0.4) is 0 Å². The monoisotopic (exact) mass is 260 g/mol. The van der Waals surface area contributed by atoms with Gasteiger partial charge in [-0.2, -0.15) is 0 Å². The summed E-state index contributed by atoms with van der Waals surface area (Å²) < 4.78 is 9.87. The van der Waals surface area contributed by atoms with Gasteiger partial charge >= 0.3 is 6.16 Å². The molecule has 0 unspecified atom stereocenters. The number of ether oxygens (including phenoxy) is 2. The number of hydrogen-bond acceptors (Lipinski definition) is 3. The molecule has 1 aromatic rings. The normalized spacial score (nSPS) is 12.0. The SMILES string of the molecule is C[C@@H](C#CCOC(=O)OC(C)(C)C)c1ccccc1. The van der Waals surface area contributed by atoms with Gasteiger partial charge in [0.2, 0.25) is 0 Å². The van der Waals surface area contributed by atoms with Crippen LogP contribution in [0.1, 0.15) is 39.2 Å². The number of benzene rings is 1. The summed E-state index contributed by atoms with van der Waals surface area (Å²) >= 11 is 0. The maximum atomic E-state index is 11.3. The molecule has 1 atom stereocenters. The van der Waals surface area contributed by atoms with Gasteiger partial charge in [0.15, 0.2) is 6.61 Å². The van der Waals surface area contributed by atoms with Crippen LogP contribution in [0.2, 0.25) is 0 Å². The number of carbonyl (C=O) groups is 1. The third-order valence-corrected chi connectivity index (χ3v) is 2.27. The van der Waals surface area contributed by atoms with Crippen molar-refractivity contribution < 1.29 is 14.3 Å². The molecule has 0 saturated carbocycles. The Bertz CT molecular complexity index is 460. The van der Waals surface area contributed by atoms with E-state index in [1.54, 1.807) is 20.8 Å². The minimum atomic E-state index is -0.686. The summed E-state index contributed by atoms with van der Waals surface area (Å²) in [6, 6.07) is 9.97. The largest absolute Gasteiger partial charge is 0.509 e. The van der Waals surface area contributed by atoms with Gasteiger partial charge in [-0.15, -0.1) is 0 Å². The summed E-state index contributed by atoms with van der Waals surface area (Å²) in [5.74, 6) is 5.98. The van der Waals surface area contributed by atoms with E-state index in [0.717, 1.165) is 5.56 Å². The van der Waals surface area contributed by atoms with Crippen LogP contribution >= 0.6 is 0 Å². The Hall–Kier alpha value is -1.95. The maximum absolute atomic E-state index is 11.3. The molecule has 1 aromatic carbocycles. The second-order valence-corrected chi connectivity index (χ2v) is 5.21. The molecule has 0 N–H and O–H groups in total. The Labute approximate surface area is 114 Å². The molecule has 0 spiro atoms. The zero-order valence-electron chi connectivity index (χ0n) is 11.9. The molecule has 0 amide bonds. The zero-order valence-corrected chi connectivity index (χ0v) is 11.9. The summed E-state index contributed by atoms with van der Waals surface area (Å²) in [5, 5.41) is 0. The molecule has 3 heteroatoms. The Balaban J connectivity index is 2.38. The standard InChI is InChI=1S/C16H20O3/c1-13(14-10-6-5-7-11-14)9-8-12-18-15(17)19-16(2,3)4/h5-7,10-11,13H,12H2,1-4H3/t13-/m0/s1. The molecular weight excluding hydrogens is 240 g/mol.